The Morgan fingerprint density at radius 1 is 1.42 bits per heavy atom. The fraction of sp³-hybridized carbons (Fsp3) is 0.667. The summed E-state index contributed by atoms with van der Waals surface area (Å²) in [6, 6.07) is 0.122. The van der Waals surface area contributed by atoms with Gasteiger partial charge < -0.3 is 26.8 Å². The molecule has 3 rings (SSSR count). The molecule has 132 valence electrons. The Labute approximate surface area is 144 Å². The first-order valence-corrected chi connectivity index (χ1v) is 8.95. The van der Waals surface area contributed by atoms with Gasteiger partial charge in [0.25, 0.3) is 0 Å². The van der Waals surface area contributed by atoms with Crippen LogP contribution in [0.15, 0.2) is 10.6 Å². The minimum atomic E-state index is -1.04. The maximum absolute atomic E-state index is 11.6. The number of nitrogens with two attached hydrogens (primary N) is 2. The van der Waals surface area contributed by atoms with Crippen molar-refractivity contribution >= 4 is 29.5 Å². The number of carbonyl (C=O) groups excluding carboxylic acids is 2. The van der Waals surface area contributed by atoms with E-state index in [0.29, 0.717) is 19.4 Å². The van der Waals surface area contributed by atoms with Gasteiger partial charge >= 0.3 is 5.97 Å². The molecule has 2 saturated heterocycles. The van der Waals surface area contributed by atoms with Gasteiger partial charge in [0.15, 0.2) is 0 Å². The van der Waals surface area contributed by atoms with Gasteiger partial charge in [-0.3, -0.25) is 9.59 Å². The van der Waals surface area contributed by atoms with Crippen molar-refractivity contribution in [1.82, 2.24) is 10.2 Å². The van der Waals surface area contributed by atoms with Crippen molar-refractivity contribution in [3.63, 3.8) is 0 Å². The van der Waals surface area contributed by atoms with E-state index >= 15 is 0 Å². The van der Waals surface area contributed by atoms with Gasteiger partial charge in [0.05, 0.1) is 6.04 Å². The van der Waals surface area contributed by atoms with Gasteiger partial charge in [0, 0.05) is 42.0 Å². The highest BCUT2D eigenvalue weighted by atomic mass is 32.2. The molecule has 0 aliphatic carbocycles. The number of primary amides is 1. The number of nitrogens with zero attached hydrogens (tertiary/aromatic N) is 1. The zero-order valence-corrected chi connectivity index (χ0v) is 14.1. The molecule has 6 N–H and O–H groups in total. The van der Waals surface area contributed by atoms with Crippen LogP contribution in [0.4, 0.5) is 0 Å². The monoisotopic (exact) mass is 354 g/mol. The zero-order valence-electron chi connectivity index (χ0n) is 13.2. The Kier molecular flexibility index (Phi) is 4.84. The normalized spacial score (nSPS) is 30.3. The summed E-state index contributed by atoms with van der Waals surface area (Å²) in [5.41, 5.74) is 11.2. The van der Waals surface area contributed by atoms with Crippen LogP contribution in [0.2, 0.25) is 0 Å². The van der Waals surface area contributed by atoms with Gasteiger partial charge in [-0.15, -0.1) is 11.8 Å². The van der Waals surface area contributed by atoms with E-state index in [1.165, 1.54) is 16.7 Å². The summed E-state index contributed by atoms with van der Waals surface area (Å²) in [6.07, 6.45) is 2.11. The molecule has 0 aromatic carbocycles. The Morgan fingerprint density at radius 3 is 2.75 bits per heavy atom. The van der Waals surface area contributed by atoms with Crippen LogP contribution in [0.5, 0.6) is 0 Å². The fourth-order valence-electron chi connectivity index (χ4n) is 3.76. The summed E-state index contributed by atoms with van der Waals surface area (Å²) >= 11 is 1.54. The second-order valence-electron chi connectivity index (χ2n) is 6.56. The van der Waals surface area contributed by atoms with Crippen LogP contribution in [0.25, 0.3) is 0 Å². The number of carbonyl (C=O) groups is 3. The van der Waals surface area contributed by atoms with Crippen LogP contribution in [0.3, 0.4) is 0 Å². The first kappa shape index (κ1) is 17.2. The van der Waals surface area contributed by atoms with E-state index in [-0.39, 0.29) is 47.2 Å². The molecular weight excluding hydrogens is 332 g/mol. The van der Waals surface area contributed by atoms with E-state index in [1.807, 2.05) is 0 Å². The van der Waals surface area contributed by atoms with Crippen molar-refractivity contribution in [2.45, 2.75) is 43.0 Å². The van der Waals surface area contributed by atoms with Gasteiger partial charge in [-0.25, -0.2) is 4.79 Å². The van der Waals surface area contributed by atoms with Crippen molar-refractivity contribution in [2.75, 3.05) is 13.1 Å². The molecule has 0 spiro atoms. The van der Waals surface area contributed by atoms with Crippen molar-refractivity contribution in [3.05, 3.63) is 10.6 Å². The molecule has 3 aliphatic heterocycles. The van der Waals surface area contributed by atoms with Crippen LogP contribution < -0.4 is 16.8 Å². The number of hydrogen-bond donors (Lipinski definition) is 4. The summed E-state index contributed by atoms with van der Waals surface area (Å²) in [6.45, 7) is 1.10. The van der Waals surface area contributed by atoms with Gasteiger partial charge in [0.1, 0.15) is 5.70 Å². The van der Waals surface area contributed by atoms with E-state index in [4.69, 9.17) is 11.5 Å². The number of thioether (sulfide) groups is 1. The number of hydrogen-bond acceptors (Lipinski definition) is 6. The number of carboxylic acids is 1. The van der Waals surface area contributed by atoms with Crippen molar-refractivity contribution in [2.24, 2.45) is 17.4 Å². The molecular formula is C15H22N4O4S. The molecule has 4 unspecified atom stereocenters. The Bertz CT molecular complexity index is 608. The third kappa shape index (κ3) is 3.15. The lowest BCUT2D eigenvalue weighted by Crippen LogP contribution is -2.49. The topological polar surface area (TPSA) is 139 Å². The average Bonchev–Trinajstić information content (AvgIpc) is 3.07. The smallest absolute Gasteiger partial charge is 0.353 e. The number of β-lactam (4-membered cyclic amide) rings is 1. The minimum absolute atomic E-state index is 0.00823. The number of fused-ring (bicyclic) bond motifs is 1. The van der Waals surface area contributed by atoms with E-state index in [2.05, 4.69) is 5.32 Å². The largest absolute Gasteiger partial charge is 0.477 e. The lowest BCUT2D eigenvalue weighted by Gasteiger charge is -2.34. The Balaban J connectivity index is 1.64. The maximum atomic E-state index is 11.6. The van der Waals surface area contributed by atoms with E-state index < -0.39 is 5.97 Å². The van der Waals surface area contributed by atoms with E-state index in [0.717, 1.165) is 17.9 Å². The highest BCUT2D eigenvalue weighted by Gasteiger charge is 2.48. The van der Waals surface area contributed by atoms with E-state index in [9.17, 15) is 19.5 Å². The number of amides is 2. The summed E-state index contributed by atoms with van der Waals surface area (Å²) in [5.74, 6) is -1.52. The van der Waals surface area contributed by atoms with Crippen molar-refractivity contribution < 1.29 is 19.5 Å². The lowest BCUT2D eigenvalue weighted by atomic mass is 9.95. The first-order chi connectivity index (χ1) is 11.4. The fourth-order valence-corrected chi connectivity index (χ4v) is 5.23. The summed E-state index contributed by atoms with van der Waals surface area (Å²) in [7, 11) is 0. The molecule has 0 bridgehead atoms. The third-order valence-corrected chi connectivity index (χ3v) is 6.28. The standard InChI is InChI=1S/C15H22N4O4S/c16-5-7(1-12(17)20)10-4-9(6-18-10)24-11-2-8-3-13(21)19(8)14(11)15(22)23/h7-10,18H,1-6,16H2,(H2,17,20)(H,22,23). The number of nitrogens with one attached hydrogen (secondary N) is 1. The molecule has 3 heterocycles. The SMILES string of the molecule is NCC(CC(N)=O)C1CC(SC2=C(C(=O)O)N3C(=O)CC3C2)CN1. The first-order valence-electron chi connectivity index (χ1n) is 8.07. The van der Waals surface area contributed by atoms with Crippen LogP contribution in [0.1, 0.15) is 25.7 Å². The quantitative estimate of drug-likeness (QED) is 0.439. The lowest BCUT2D eigenvalue weighted by molar-refractivity contribution is -0.147. The summed E-state index contributed by atoms with van der Waals surface area (Å²) in [4.78, 5) is 36.5. The molecule has 0 radical (unpaired) electrons. The molecule has 4 atom stereocenters. The van der Waals surface area contributed by atoms with Gasteiger partial charge in [-0.05, 0) is 18.9 Å². The number of rotatable bonds is 7. The molecule has 0 saturated carbocycles. The predicted octanol–water partition coefficient (Wildman–Crippen LogP) is -0.799. The molecule has 9 heteroatoms. The molecule has 8 nitrogen and oxygen atoms in total. The van der Waals surface area contributed by atoms with E-state index in [1.54, 1.807) is 0 Å². The Morgan fingerprint density at radius 2 is 2.17 bits per heavy atom. The molecule has 0 aromatic heterocycles. The third-order valence-electron chi connectivity index (χ3n) is 4.94. The van der Waals surface area contributed by atoms with Crippen LogP contribution >= 0.6 is 11.8 Å². The van der Waals surface area contributed by atoms with Gasteiger partial charge in [-0.1, -0.05) is 0 Å². The highest BCUT2D eigenvalue weighted by Crippen LogP contribution is 2.45. The Hall–Kier alpha value is -1.58. The minimum Gasteiger partial charge on any atom is -0.477 e. The van der Waals surface area contributed by atoms with Gasteiger partial charge in [-0.2, -0.15) is 0 Å². The maximum Gasteiger partial charge on any atom is 0.353 e. The van der Waals surface area contributed by atoms with Gasteiger partial charge in [0.2, 0.25) is 11.8 Å². The van der Waals surface area contributed by atoms with Crippen LogP contribution in [-0.2, 0) is 14.4 Å². The second kappa shape index (κ2) is 6.73. The van der Waals surface area contributed by atoms with Crippen LogP contribution in [0, 0.1) is 5.92 Å². The molecule has 2 fully saturated rings. The molecule has 2 amide bonds. The van der Waals surface area contributed by atoms with Crippen LogP contribution in [-0.4, -0.2) is 58.2 Å². The van der Waals surface area contributed by atoms with Crippen molar-refractivity contribution in [1.29, 1.82) is 0 Å². The number of carboxylic acid groups (broad SMARTS) is 1. The predicted molar refractivity (Wildman–Crippen MR) is 88.7 cm³/mol. The highest BCUT2D eigenvalue weighted by molar-refractivity contribution is 8.03. The summed E-state index contributed by atoms with van der Waals surface area (Å²) < 4.78 is 0. The molecule has 0 aromatic rings. The molecule has 3 aliphatic rings. The average molecular weight is 354 g/mol. The van der Waals surface area contributed by atoms with Crippen molar-refractivity contribution in [3.8, 4) is 0 Å². The second-order valence-corrected chi connectivity index (χ2v) is 7.95. The summed E-state index contributed by atoms with van der Waals surface area (Å²) in [5, 5.41) is 13.0. The number of aliphatic carboxylic acids is 1. The molecule has 24 heavy (non-hydrogen) atoms. The zero-order chi connectivity index (χ0) is 17.4.